The fraction of sp³-hybridized carbons (Fsp3) is 0. The van der Waals surface area contributed by atoms with Crippen LogP contribution in [0.5, 0.6) is 0 Å². The van der Waals surface area contributed by atoms with E-state index in [-0.39, 0.29) is 11.6 Å². The van der Waals surface area contributed by atoms with Crippen LogP contribution in [0, 0.1) is 11.3 Å². The standard InChI is InChI=1S/C10H6BrN3O/c11-7-3-1-2-6(4-7)10-14-8(5-12)9(13)15-10/h1-4H,13H2. The lowest BCUT2D eigenvalue weighted by atomic mass is 10.2. The maximum Gasteiger partial charge on any atom is 0.230 e. The highest BCUT2D eigenvalue weighted by Gasteiger charge is 2.11. The molecule has 0 bridgehead atoms. The summed E-state index contributed by atoms with van der Waals surface area (Å²) in [6, 6.07) is 9.27. The number of nitrogen functional groups attached to an aromatic ring is 1. The van der Waals surface area contributed by atoms with E-state index in [1.165, 1.54) is 0 Å². The molecule has 1 aromatic carbocycles. The number of rotatable bonds is 1. The number of aromatic nitrogens is 1. The molecule has 74 valence electrons. The van der Waals surface area contributed by atoms with Crippen LogP contribution in [0.25, 0.3) is 11.5 Å². The van der Waals surface area contributed by atoms with Gasteiger partial charge in [-0.15, -0.1) is 0 Å². The molecule has 2 rings (SSSR count). The predicted molar refractivity (Wildman–Crippen MR) is 58.8 cm³/mol. The molecule has 0 spiro atoms. The second kappa shape index (κ2) is 3.75. The Kier molecular flexibility index (Phi) is 2.44. The van der Waals surface area contributed by atoms with E-state index in [2.05, 4.69) is 20.9 Å². The molecule has 1 heterocycles. The summed E-state index contributed by atoms with van der Waals surface area (Å²) < 4.78 is 6.08. The van der Waals surface area contributed by atoms with E-state index in [0.717, 1.165) is 10.0 Å². The van der Waals surface area contributed by atoms with Gasteiger partial charge in [0.25, 0.3) is 0 Å². The molecule has 1 aromatic heterocycles. The zero-order valence-electron chi connectivity index (χ0n) is 7.57. The van der Waals surface area contributed by atoms with E-state index in [0.29, 0.717) is 5.89 Å². The zero-order chi connectivity index (χ0) is 10.8. The van der Waals surface area contributed by atoms with E-state index < -0.39 is 0 Å². The van der Waals surface area contributed by atoms with Crippen LogP contribution in [0.4, 0.5) is 5.88 Å². The Morgan fingerprint density at radius 2 is 2.27 bits per heavy atom. The Morgan fingerprint density at radius 1 is 1.47 bits per heavy atom. The van der Waals surface area contributed by atoms with Gasteiger partial charge in [-0.3, -0.25) is 0 Å². The Morgan fingerprint density at radius 3 is 2.87 bits per heavy atom. The summed E-state index contributed by atoms with van der Waals surface area (Å²) in [5.41, 5.74) is 6.36. The summed E-state index contributed by atoms with van der Waals surface area (Å²) in [5, 5.41) is 8.67. The van der Waals surface area contributed by atoms with E-state index >= 15 is 0 Å². The fourth-order valence-electron chi connectivity index (χ4n) is 1.16. The van der Waals surface area contributed by atoms with Crippen molar-refractivity contribution in [2.24, 2.45) is 0 Å². The first-order valence-electron chi connectivity index (χ1n) is 4.13. The third-order valence-corrected chi connectivity index (χ3v) is 2.32. The summed E-state index contributed by atoms with van der Waals surface area (Å²) in [7, 11) is 0. The fourth-order valence-corrected chi connectivity index (χ4v) is 1.56. The average molecular weight is 264 g/mol. The molecule has 0 amide bonds. The molecule has 0 saturated carbocycles. The van der Waals surface area contributed by atoms with Gasteiger partial charge in [-0.1, -0.05) is 22.0 Å². The molecule has 0 aliphatic rings. The lowest BCUT2D eigenvalue weighted by Gasteiger charge is -1.94. The SMILES string of the molecule is N#Cc1nc(-c2cccc(Br)c2)oc1N. The van der Waals surface area contributed by atoms with Crippen LogP contribution in [0.1, 0.15) is 5.69 Å². The third kappa shape index (κ3) is 1.85. The van der Waals surface area contributed by atoms with Crippen LogP contribution >= 0.6 is 15.9 Å². The lowest BCUT2D eigenvalue weighted by Crippen LogP contribution is -1.84. The Bertz CT molecular complexity index is 542. The van der Waals surface area contributed by atoms with Crippen molar-refractivity contribution in [3.8, 4) is 17.5 Å². The van der Waals surface area contributed by atoms with Crippen LogP contribution in [0.15, 0.2) is 33.2 Å². The number of oxazole rings is 1. The van der Waals surface area contributed by atoms with Crippen molar-refractivity contribution in [2.45, 2.75) is 0 Å². The van der Waals surface area contributed by atoms with Gasteiger partial charge in [-0.05, 0) is 18.2 Å². The first kappa shape index (κ1) is 9.74. The largest absolute Gasteiger partial charge is 0.419 e. The Balaban J connectivity index is 2.51. The van der Waals surface area contributed by atoms with Crippen LogP contribution in [0.2, 0.25) is 0 Å². The molecule has 4 nitrogen and oxygen atoms in total. The normalized spacial score (nSPS) is 9.87. The van der Waals surface area contributed by atoms with Crippen molar-refractivity contribution in [3.05, 3.63) is 34.4 Å². The molecule has 0 unspecified atom stereocenters. The van der Waals surface area contributed by atoms with Gasteiger partial charge in [0.2, 0.25) is 17.5 Å². The molecule has 5 heteroatoms. The zero-order valence-corrected chi connectivity index (χ0v) is 9.15. The average Bonchev–Trinajstić information content (AvgIpc) is 2.60. The van der Waals surface area contributed by atoms with E-state index in [4.69, 9.17) is 15.4 Å². The van der Waals surface area contributed by atoms with Gasteiger partial charge < -0.3 is 10.2 Å². The molecule has 0 fully saturated rings. The van der Waals surface area contributed by atoms with Gasteiger partial charge in [-0.25, -0.2) is 0 Å². The predicted octanol–water partition coefficient (Wildman–Crippen LogP) is 2.56. The van der Waals surface area contributed by atoms with Gasteiger partial charge in [0, 0.05) is 10.0 Å². The number of nitrogens with two attached hydrogens (primary N) is 1. The maximum atomic E-state index is 8.67. The number of anilines is 1. The van der Waals surface area contributed by atoms with Gasteiger partial charge in [-0.2, -0.15) is 10.2 Å². The lowest BCUT2D eigenvalue weighted by molar-refractivity contribution is 0.593. The minimum Gasteiger partial charge on any atom is -0.419 e. The van der Waals surface area contributed by atoms with Gasteiger partial charge in [0.1, 0.15) is 6.07 Å². The number of hydrogen-bond acceptors (Lipinski definition) is 4. The van der Waals surface area contributed by atoms with Crippen LogP contribution < -0.4 is 5.73 Å². The van der Waals surface area contributed by atoms with Crippen LogP contribution in [0.3, 0.4) is 0 Å². The first-order chi connectivity index (χ1) is 7.20. The molecule has 0 aliphatic carbocycles. The Hall–Kier alpha value is -1.80. The second-order valence-electron chi connectivity index (χ2n) is 2.85. The van der Waals surface area contributed by atoms with Crippen molar-refractivity contribution in [3.63, 3.8) is 0 Å². The Labute approximate surface area is 94.5 Å². The summed E-state index contributed by atoms with van der Waals surface area (Å²) in [4.78, 5) is 3.97. The minimum absolute atomic E-state index is 0.0486. The molecule has 2 N–H and O–H groups in total. The summed E-state index contributed by atoms with van der Waals surface area (Å²) >= 11 is 3.34. The number of nitrogens with zero attached hydrogens (tertiary/aromatic N) is 2. The first-order valence-corrected chi connectivity index (χ1v) is 4.92. The van der Waals surface area contributed by atoms with Crippen molar-refractivity contribution in [2.75, 3.05) is 5.73 Å². The molecule has 15 heavy (non-hydrogen) atoms. The second-order valence-corrected chi connectivity index (χ2v) is 3.77. The number of hydrogen-bond donors (Lipinski definition) is 1. The highest BCUT2D eigenvalue weighted by atomic mass is 79.9. The van der Waals surface area contributed by atoms with E-state index in [1.54, 1.807) is 0 Å². The topological polar surface area (TPSA) is 75.8 Å². The van der Waals surface area contributed by atoms with Crippen LogP contribution in [-0.2, 0) is 0 Å². The van der Waals surface area contributed by atoms with E-state index in [9.17, 15) is 0 Å². The van der Waals surface area contributed by atoms with Gasteiger partial charge in [0.15, 0.2) is 0 Å². The minimum atomic E-state index is 0.0486. The van der Waals surface area contributed by atoms with Crippen molar-refractivity contribution < 1.29 is 4.42 Å². The molecule has 2 aromatic rings. The quantitative estimate of drug-likeness (QED) is 0.858. The molecule has 0 atom stereocenters. The maximum absolute atomic E-state index is 8.67. The highest BCUT2D eigenvalue weighted by molar-refractivity contribution is 9.10. The van der Waals surface area contributed by atoms with Crippen LogP contribution in [-0.4, -0.2) is 4.98 Å². The summed E-state index contributed by atoms with van der Waals surface area (Å²) in [5.74, 6) is 0.401. The molecular weight excluding hydrogens is 258 g/mol. The smallest absolute Gasteiger partial charge is 0.230 e. The number of benzene rings is 1. The summed E-state index contributed by atoms with van der Waals surface area (Å²) in [6.45, 7) is 0. The summed E-state index contributed by atoms with van der Waals surface area (Å²) in [6.07, 6.45) is 0. The van der Waals surface area contributed by atoms with Crippen molar-refractivity contribution in [1.29, 1.82) is 5.26 Å². The third-order valence-electron chi connectivity index (χ3n) is 1.83. The number of nitriles is 1. The highest BCUT2D eigenvalue weighted by Crippen LogP contribution is 2.25. The van der Waals surface area contributed by atoms with Crippen molar-refractivity contribution >= 4 is 21.8 Å². The van der Waals surface area contributed by atoms with E-state index in [1.807, 2.05) is 30.3 Å². The molecule has 0 radical (unpaired) electrons. The molecule has 0 saturated heterocycles. The van der Waals surface area contributed by atoms with Gasteiger partial charge >= 0.3 is 0 Å². The van der Waals surface area contributed by atoms with Crippen molar-refractivity contribution in [1.82, 2.24) is 4.98 Å². The number of halogens is 1. The molecule has 0 aliphatic heterocycles. The van der Waals surface area contributed by atoms with Gasteiger partial charge in [0.05, 0.1) is 0 Å². The molecular formula is C10H6BrN3O. The monoisotopic (exact) mass is 263 g/mol.